The van der Waals surface area contributed by atoms with Crippen LogP contribution in [0.5, 0.6) is 5.75 Å². The van der Waals surface area contributed by atoms with Crippen molar-refractivity contribution in [3.63, 3.8) is 0 Å². The lowest BCUT2D eigenvalue weighted by molar-refractivity contribution is -0.142. The SMILES string of the molecule is CCOC(=O)Cc1csc(NN=Cc2c(OCc3ccccc3F)ccc3ccccc23)n1. The third-order valence-electron chi connectivity index (χ3n) is 4.81. The second kappa shape index (κ2) is 10.7. The number of halogens is 1. The fourth-order valence-electron chi connectivity index (χ4n) is 3.26. The number of hydrogen-bond acceptors (Lipinski definition) is 7. The number of hydrazone groups is 1. The summed E-state index contributed by atoms with van der Waals surface area (Å²) in [6.07, 6.45) is 1.78. The average molecular weight is 464 g/mol. The molecule has 0 aliphatic carbocycles. The van der Waals surface area contributed by atoms with E-state index >= 15 is 0 Å². The molecule has 0 atom stereocenters. The standard InChI is InChI=1S/C25H22FN3O3S/c1-2-31-24(30)13-19-16-33-25(28-19)29-27-14-21-20-9-5-3-7-17(20)11-12-23(21)32-15-18-8-4-6-10-22(18)26/h3-12,14,16H,2,13,15H2,1H3,(H,28,29). The lowest BCUT2D eigenvalue weighted by atomic mass is 10.0. The zero-order valence-electron chi connectivity index (χ0n) is 18.0. The fourth-order valence-corrected chi connectivity index (χ4v) is 3.92. The maximum atomic E-state index is 14.0. The lowest BCUT2D eigenvalue weighted by Crippen LogP contribution is -2.07. The minimum atomic E-state index is -0.315. The number of ether oxygens (including phenoxy) is 2. The molecule has 1 aromatic heterocycles. The van der Waals surface area contributed by atoms with Gasteiger partial charge in [-0.2, -0.15) is 5.10 Å². The van der Waals surface area contributed by atoms with E-state index in [4.69, 9.17) is 9.47 Å². The maximum Gasteiger partial charge on any atom is 0.311 e. The van der Waals surface area contributed by atoms with E-state index in [1.54, 1.807) is 36.7 Å². The van der Waals surface area contributed by atoms with Gasteiger partial charge in [0.15, 0.2) is 0 Å². The summed E-state index contributed by atoms with van der Waals surface area (Å²) >= 11 is 1.35. The van der Waals surface area contributed by atoms with Crippen molar-refractivity contribution in [3.8, 4) is 5.75 Å². The van der Waals surface area contributed by atoms with E-state index in [-0.39, 0.29) is 24.8 Å². The Labute approximate surface area is 194 Å². The van der Waals surface area contributed by atoms with E-state index in [1.807, 2.05) is 36.4 Å². The third kappa shape index (κ3) is 5.72. The number of fused-ring (bicyclic) bond motifs is 1. The lowest BCUT2D eigenvalue weighted by Gasteiger charge is -2.12. The summed E-state index contributed by atoms with van der Waals surface area (Å²) in [5.41, 5.74) is 4.76. The Kier molecular flexibility index (Phi) is 7.26. The molecule has 6 nitrogen and oxygen atoms in total. The van der Waals surface area contributed by atoms with Gasteiger partial charge in [0.1, 0.15) is 18.2 Å². The summed E-state index contributed by atoms with van der Waals surface area (Å²) in [6.45, 7) is 2.20. The van der Waals surface area contributed by atoms with E-state index < -0.39 is 0 Å². The molecule has 168 valence electrons. The number of carbonyl (C=O) groups is 1. The van der Waals surface area contributed by atoms with E-state index in [9.17, 15) is 9.18 Å². The van der Waals surface area contributed by atoms with Crippen molar-refractivity contribution in [2.45, 2.75) is 20.0 Å². The molecule has 0 aliphatic rings. The molecule has 0 saturated carbocycles. The molecule has 8 heteroatoms. The Morgan fingerprint density at radius 2 is 1.97 bits per heavy atom. The topological polar surface area (TPSA) is 72.8 Å². The Morgan fingerprint density at radius 3 is 2.82 bits per heavy atom. The van der Waals surface area contributed by atoms with Crippen LogP contribution in [0.2, 0.25) is 0 Å². The molecule has 4 rings (SSSR count). The molecular formula is C25H22FN3O3S. The molecule has 1 heterocycles. The highest BCUT2D eigenvalue weighted by molar-refractivity contribution is 7.13. The molecule has 4 aromatic rings. The van der Waals surface area contributed by atoms with Crippen LogP contribution < -0.4 is 10.2 Å². The van der Waals surface area contributed by atoms with Crippen LogP contribution in [0.3, 0.4) is 0 Å². The molecule has 0 bridgehead atoms. The number of nitrogens with one attached hydrogen (secondary N) is 1. The second-order valence-electron chi connectivity index (χ2n) is 7.07. The quantitative estimate of drug-likeness (QED) is 0.200. The number of nitrogens with zero attached hydrogens (tertiary/aromatic N) is 2. The summed E-state index contributed by atoms with van der Waals surface area (Å²) in [5.74, 6) is -0.0348. The van der Waals surface area contributed by atoms with Gasteiger partial charge in [-0.25, -0.2) is 9.37 Å². The summed E-state index contributed by atoms with van der Waals surface area (Å²) in [6, 6.07) is 18.2. The van der Waals surface area contributed by atoms with Gasteiger partial charge in [0.05, 0.1) is 24.9 Å². The second-order valence-corrected chi connectivity index (χ2v) is 7.93. The molecule has 0 unspecified atom stereocenters. The Morgan fingerprint density at radius 1 is 1.15 bits per heavy atom. The van der Waals surface area contributed by atoms with Crippen LogP contribution in [0.1, 0.15) is 23.7 Å². The number of aromatic nitrogens is 1. The minimum absolute atomic E-state index is 0.100. The predicted octanol–water partition coefficient (Wildman–Crippen LogP) is 5.57. The molecule has 33 heavy (non-hydrogen) atoms. The number of benzene rings is 3. The van der Waals surface area contributed by atoms with E-state index in [0.717, 1.165) is 16.3 Å². The largest absolute Gasteiger partial charge is 0.488 e. The van der Waals surface area contributed by atoms with Gasteiger partial charge in [0, 0.05) is 16.5 Å². The first-order valence-electron chi connectivity index (χ1n) is 10.4. The van der Waals surface area contributed by atoms with Crippen molar-refractivity contribution >= 4 is 39.4 Å². The molecule has 0 radical (unpaired) electrons. The van der Waals surface area contributed by atoms with Gasteiger partial charge in [-0.1, -0.05) is 48.5 Å². The third-order valence-corrected chi connectivity index (χ3v) is 5.60. The summed E-state index contributed by atoms with van der Waals surface area (Å²) in [7, 11) is 0. The molecule has 0 fully saturated rings. The smallest absolute Gasteiger partial charge is 0.311 e. The first-order chi connectivity index (χ1) is 16.1. The zero-order chi connectivity index (χ0) is 23.0. The summed E-state index contributed by atoms with van der Waals surface area (Å²) in [4.78, 5) is 16.0. The molecule has 1 N–H and O–H groups in total. The molecular weight excluding hydrogens is 441 g/mol. The van der Waals surface area contributed by atoms with Gasteiger partial charge in [-0.3, -0.25) is 10.2 Å². The van der Waals surface area contributed by atoms with Crippen molar-refractivity contribution < 1.29 is 18.7 Å². The minimum Gasteiger partial charge on any atom is -0.488 e. The van der Waals surface area contributed by atoms with Crippen molar-refractivity contribution in [3.05, 3.63) is 88.7 Å². The molecule has 0 amide bonds. The van der Waals surface area contributed by atoms with Gasteiger partial charge < -0.3 is 9.47 Å². The summed E-state index contributed by atoms with van der Waals surface area (Å²) < 4.78 is 24.9. The highest BCUT2D eigenvalue weighted by Crippen LogP contribution is 2.28. The molecule has 0 aliphatic heterocycles. The molecule has 3 aromatic carbocycles. The van der Waals surface area contributed by atoms with E-state index in [2.05, 4.69) is 15.5 Å². The van der Waals surface area contributed by atoms with Crippen molar-refractivity contribution in [1.82, 2.24) is 4.98 Å². The van der Waals surface area contributed by atoms with Crippen molar-refractivity contribution in [2.24, 2.45) is 5.10 Å². The van der Waals surface area contributed by atoms with E-state index in [1.165, 1.54) is 17.4 Å². The number of esters is 1. The van der Waals surface area contributed by atoms with Crippen molar-refractivity contribution in [2.75, 3.05) is 12.0 Å². The number of anilines is 1. The maximum absolute atomic E-state index is 14.0. The monoisotopic (exact) mass is 463 g/mol. The van der Waals surface area contributed by atoms with Gasteiger partial charge in [0.2, 0.25) is 5.13 Å². The number of hydrogen-bond donors (Lipinski definition) is 1. The van der Waals surface area contributed by atoms with Gasteiger partial charge in [0.25, 0.3) is 0 Å². The van der Waals surface area contributed by atoms with Crippen LogP contribution in [-0.2, 0) is 22.6 Å². The van der Waals surface area contributed by atoms with Crippen LogP contribution in [0.15, 0.2) is 71.1 Å². The van der Waals surface area contributed by atoms with Gasteiger partial charge in [-0.15, -0.1) is 11.3 Å². The van der Waals surface area contributed by atoms with Gasteiger partial charge >= 0.3 is 5.97 Å². The van der Waals surface area contributed by atoms with Crippen LogP contribution in [0.25, 0.3) is 10.8 Å². The average Bonchev–Trinajstić information content (AvgIpc) is 3.26. The molecule has 0 saturated heterocycles. The predicted molar refractivity (Wildman–Crippen MR) is 128 cm³/mol. The van der Waals surface area contributed by atoms with Crippen molar-refractivity contribution in [1.29, 1.82) is 0 Å². The highest BCUT2D eigenvalue weighted by atomic mass is 32.1. The normalized spacial score (nSPS) is 11.1. The van der Waals surface area contributed by atoms with Crippen LogP contribution in [-0.4, -0.2) is 23.8 Å². The first kappa shape index (κ1) is 22.4. The van der Waals surface area contributed by atoms with Crippen LogP contribution in [0, 0.1) is 5.82 Å². The molecule has 0 spiro atoms. The summed E-state index contributed by atoms with van der Waals surface area (Å²) in [5, 5.41) is 8.65. The number of carbonyl (C=O) groups excluding carboxylic acids is 1. The van der Waals surface area contributed by atoms with Crippen LogP contribution >= 0.6 is 11.3 Å². The Bertz CT molecular complexity index is 1290. The van der Waals surface area contributed by atoms with E-state index in [0.29, 0.717) is 28.7 Å². The number of thiazole rings is 1. The van der Waals surface area contributed by atoms with Crippen LogP contribution in [0.4, 0.5) is 9.52 Å². The first-order valence-corrected chi connectivity index (χ1v) is 11.3. The van der Waals surface area contributed by atoms with Gasteiger partial charge in [-0.05, 0) is 29.8 Å². The fraction of sp³-hybridized carbons (Fsp3) is 0.160. The number of rotatable bonds is 9. The zero-order valence-corrected chi connectivity index (χ0v) is 18.8. The Balaban J connectivity index is 1.53. The Hall–Kier alpha value is -3.78. The highest BCUT2D eigenvalue weighted by Gasteiger charge is 2.10.